The van der Waals surface area contributed by atoms with Crippen LogP contribution in [0.5, 0.6) is 0 Å². The van der Waals surface area contributed by atoms with Crippen LogP contribution in [0.1, 0.15) is 34.8 Å². The van der Waals surface area contributed by atoms with E-state index in [4.69, 9.17) is 0 Å². The number of rotatable bonds is 5. The van der Waals surface area contributed by atoms with Crippen LogP contribution in [0.4, 0.5) is 4.39 Å². The number of carbonyl (C=O) groups is 2. The summed E-state index contributed by atoms with van der Waals surface area (Å²) in [5, 5.41) is 15.9. The molecule has 2 aromatic carbocycles. The second kappa shape index (κ2) is 7.64. The molecule has 2 saturated carbocycles. The van der Waals surface area contributed by atoms with Crippen LogP contribution in [0.15, 0.2) is 36.4 Å². The van der Waals surface area contributed by atoms with Crippen molar-refractivity contribution in [2.45, 2.75) is 44.4 Å². The number of fused-ring (bicyclic) bond motifs is 6. The van der Waals surface area contributed by atoms with Gasteiger partial charge in [-0.1, -0.05) is 25.1 Å². The Bertz CT molecular complexity index is 1250. The van der Waals surface area contributed by atoms with Crippen molar-refractivity contribution in [3.8, 4) is 17.2 Å². The minimum absolute atomic E-state index is 0.000218. The van der Waals surface area contributed by atoms with Gasteiger partial charge in [-0.2, -0.15) is 5.26 Å². The average molecular weight is 459 g/mol. The number of nitrogens with one attached hydrogen (secondary N) is 2. The molecular weight excluding hydrogens is 431 g/mol. The summed E-state index contributed by atoms with van der Waals surface area (Å²) in [6.07, 6.45) is 1.15. The van der Waals surface area contributed by atoms with Gasteiger partial charge in [0.2, 0.25) is 5.91 Å². The van der Waals surface area contributed by atoms with E-state index >= 15 is 0 Å². The van der Waals surface area contributed by atoms with E-state index in [2.05, 4.69) is 23.6 Å². The van der Waals surface area contributed by atoms with Gasteiger partial charge in [0, 0.05) is 31.6 Å². The van der Waals surface area contributed by atoms with Gasteiger partial charge in [0.15, 0.2) is 0 Å². The molecule has 2 aliphatic carbocycles. The Morgan fingerprint density at radius 3 is 2.76 bits per heavy atom. The van der Waals surface area contributed by atoms with Gasteiger partial charge in [0.1, 0.15) is 11.9 Å². The van der Waals surface area contributed by atoms with Gasteiger partial charge in [0.05, 0.1) is 12.1 Å². The molecule has 2 bridgehead atoms. The molecule has 2 N–H and O–H groups in total. The van der Waals surface area contributed by atoms with Gasteiger partial charge in [0.25, 0.3) is 5.91 Å². The molecule has 34 heavy (non-hydrogen) atoms. The molecule has 4 aliphatic rings. The van der Waals surface area contributed by atoms with E-state index in [1.165, 1.54) is 6.07 Å². The SMILES string of the molecule is C[C@H]1C2[C@H]1[C@@H]1C[C@H]2[C@@H](C(=O)N[C@H](C#N)Cc2ccc(-c3ccc4c(c3)CN(C)C4=O)cc2F)N1. The first-order chi connectivity index (χ1) is 16.4. The van der Waals surface area contributed by atoms with Gasteiger partial charge >= 0.3 is 0 Å². The summed E-state index contributed by atoms with van der Waals surface area (Å²) < 4.78 is 15.0. The van der Waals surface area contributed by atoms with Crippen LogP contribution < -0.4 is 10.6 Å². The molecule has 1 unspecified atom stereocenters. The van der Waals surface area contributed by atoms with Gasteiger partial charge in [-0.3, -0.25) is 9.59 Å². The van der Waals surface area contributed by atoms with Crippen molar-refractivity contribution in [2.24, 2.45) is 23.7 Å². The van der Waals surface area contributed by atoms with Crippen LogP contribution >= 0.6 is 0 Å². The first-order valence-electron chi connectivity index (χ1n) is 12.0. The first-order valence-corrected chi connectivity index (χ1v) is 12.0. The van der Waals surface area contributed by atoms with E-state index in [-0.39, 0.29) is 24.3 Å². The van der Waals surface area contributed by atoms with Crippen LogP contribution in [0.25, 0.3) is 11.1 Å². The fourth-order valence-corrected chi connectivity index (χ4v) is 6.75. The summed E-state index contributed by atoms with van der Waals surface area (Å²) >= 11 is 0. The number of carbonyl (C=O) groups excluding carboxylic acids is 2. The van der Waals surface area contributed by atoms with Crippen molar-refractivity contribution < 1.29 is 14.0 Å². The largest absolute Gasteiger partial charge is 0.339 e. The second-order valence-corrected chi connectivity index (χ2v) is 10.4. The van der Waals surface area contributed by atoms with Crippen LogP contribution in [-0.4, -0.2) is 41.9 Å². The number of nitriles is 1. The minimum atomic E-state index is -0.789. The third kappa shape index (κ3) is 3.24. The minimum Gasteiger partial charge on any atom is -0.339 e. The Kier molecular flexibility index (Phi) is 4.79. The van der Waals surface area contributed by atoms with E-state index in [9.17, 15) is 19.2 Å². The normalized spacial score (nSPS) is 31.1. The lowest BCUT2D eigenvalue weighted by Gasteiger charge is -2.23. The second-order valence-electron chi connectivity index (χ2n) is 10.4. The Hall–Kier alpha value is -3.24. The molecule has 2 aromatic rings. The number of amides is 2. The van der Waals surface area contributed by atoms with Crippen molar-refractivity contribution in [1.29, 1.82) is 5.26 Å². The summed E-state index contributed by atoms with van der Waals surface area (Å²) in [6.45, 7) is 2.80. The van der Waals surface area contributed by atoms with Gasteiger partial charge < -0.3 is 15.5 Å². The summed E-state index contributed by atoms with van der Waals surface area (Å²) in [4.78, 5) is 26.6. The van der Waals surface area contributed by atoms with E-state index < -0.39 is 11.9 Å². The third-order valence-electron chi connectivity index (χ3n) is 8.48. The van der Waals surface area contributed by atoms with Crippen molar-refractivity contribution in [3.05, 3.63) is 58.9 Å². The maximum Gasteiger partial charge on any atom is 0.254 e. The van der Waals surface area contributed by atoms with E-state index in [0.717, 1.165) is 17.5 Å². The molecule has 7 atom stereocenters. The molecule has 0 aromatic heterocycles. The molecular formula is C27H27FN4O2. The lowest BCUT2D eigenvalue weighted by Crippen LogP contribution is -2.51. The highest BCUT2D eigenvalue weighted by molar-refractivity contribution is 5.98. The smallest absolute Gasteiger partial charge is 0.254 e. The number of hydrogen-bond donors (Lipinski definition) is 2. The maximum absolute atomic E-state index is 15.0. The summed E-state index contributed by atoms with van der Waals surface area (Å²) in [6, 6.07) is 12.0. The lowest BCUT2D eigenvalue weighted by atomic mass is 9.94. The van der Waals surface area contributed by atoms with E-state index in [1.807, 2.05) is 18.2 Å². The average Bonchev–Trinajstić information content (AvgIpc) is 3.13. The zero-order valence-electron chi connectivity index (χ0n) is 19.2. The zero-order chi connectivity index (χ0) is 23.7. The predicted octanol–water partition coefficient (Wildman–Crippen LogP) is 2.87. The van der Waals surface area contributed by atoms with Crippen LogP contribution in [0.3, 0.4) is 0 Å². The standard InChI is InChI=1S/C27H27FN4O2/c1-13-23-20-10-22(24(13)23)31-25(20)26(33)30-18(11-29)8-16-4-3-15(9-21(16)28)14-5-6-19-17(7-14)12-32(2)27(19)34/h3-7,9,13,18,20,22-25,31H,8,10,12H2,1-2H3,(H,30,33)/t13-,18-,20+,22-,23?,24+,25-/m0/s1. The number of nitrogens with zero attached hydrogens (tertiary/aromatic N) is 2. The first kappa shape index (κ1) is 21.3. The molecule has 3 fully saturated rings. The maximum atomic E-state index is 15.0. The topological polar surface area (TPSA) is 85.2 Å². The number of benzene rings is 2. The zero-order valence-corrected chi connectivity index (χ0v) is 19.2. The predicted molar refractivity (Wildman–Crippen MR) is 124 cm³/mol. The molecule has 2 amide bonds. The fraction of sp³-hybridized carbons (Fsp3) is 0.444. The highest BCUT2D eigenvalue weighted by Gasteiger charge is 2.67. The molecule has 2 aliphatic heterocycles. The third-order valence-corrected chi connectivity index (χ3v) is 8.48. The molecule has 174 valence electrons. The van der Waals surface area contributed by atoms with Crippen LogP contribution in [-0.2, 0) is 17.8 Å². The Morgan fingerprint density at radius 1 is 1.26 bits per heavy atom. The highest BCUT2D eigenvalue weighted by Crippen LogP contribution is 2.64. The Labute approximate surface area is 198 Å². The Morgan fingerprint density at radius 2 is 2.03 bits per heavy atom. The van der Waals surface area contributed by atoms with E-state index in [0.29, 0.717) is 52.9 Å². The molecule has 1 saturated heterocycles. The van der Waals surface area contributed by atoms with Crippen molar-refractivity contribution in [1.82, 2.24) is 15.5 Å². The van der Waals surface area contributed by atoms with Crippen LogP contribution in [0.2, 0.25) is 0 Å². The monoisotopic (exact) mass is 458 g/mol. The quantitative estimate of drug-likeness (QED) is 0.722. The fourth-order valence-electron chi connectivity index (χ4n) is 6.75. The summed E-state index contributed by atoms with van der Waals surface area (Å²) in [7, 11) is 1.76. The van der Waals surface area contributed by atoms with Crippen LogP contribution in [0, 0.1) is 40.8 Å². The number of hydrogen-bond acceptors (Lipinski definition) is 4. The lowest BCUT2D eigenvalue weighted by molar-refractivity contribution is -0.124. The number of halogens is 1. The molecule has 6 rings (SSSR count). The molecule has 7 heteroatoms. The van der Waals surface area contributed by atoms with Gasteiger partial charge in [-0.15, -0.1) is 0 Å². The van der Waals surface area contributed by atoms with Crippen molar-refractivity contribution >= 4 is 11.8 Å². The summed E-state index contributed by atoms with van der Waals surface area (Å²) in [5.74, 6) is 1.81. The molecule has 6 nitrogen and oxygen atoms in total. The molecule has 2 heterocycles. The highest BCUT2D eigenvalue weighted by atomic mass is 19.1. The van der Waals surface area contributed by atoms with Gasteiger partial charge in [-0.25, -0.2) is 4.39 Å². The van der Waals surface area contributed by atoms with Gasteiger partial charge in [-0.05, 0) is 70.5 Å². The number of piperidine rings is 1. The van der Waals surface area contributed by atoms with Crippen molar-refractivity contribution in [3.63, 3.8) is 0 Å². The summed E-state index contributed by atoms with van der Waals surface area (Å²) in [5.41, 5.74) is 3.56. The Balaban J connectivity index is 1.14. The molecule has 0 spiro atoms. The van der Waals surface area contributed by atoms with Crippen molar-refractivity contribution in [2.75, 3.05) is 7.05 Å². The molecule has 0 radical (unpaired) electrons. The van der Waals surface area contributed by atoms with E-state index in [1.54, 1.807) is 24.1 Å².